The summed E-state index contributed by atoms with van der Waals surface area (Å²) in [5.74, 6) is -7.98. The summed E-state index contributed by atoms with van der Waals surface area (Å²) in [5.41, 5.74) is -2.26. The van der Waals surface area contributed by atoms with Gasteiger partial charge in [-0.1, -0.05) is 12.8 Å². The number of nitrogens with one attached hydrogen (secondary N) is 3. The molecule has 0 radical (unpaired) electrons. The van der Waals surface area contributed by atoms with Crippen LogP contribution in [0.3, 0.4) is 0 Å². The molecular weight excluding hydrogens is 583 g/mol. The van der Waals surface area contributed by atoms with Crippen molar-refractivity contribution in [1.82, 2.24) is 15.5 Å². The number of aliphatic hydroxyl groups excluding tert-OH is 1. The van der Waals surface area contributed by atoms with Gasteiger partial charge in [0.15, 0.2) is 17.2 Å². The van der Waals surface area contributed by atoms with E-state index in [0.717, 1.165) is 31.7 Å². The lowest BCUT2D eigenvalue weighted by molar-refractivity contribution is -0.172. The number of nitrogens with zero attached hydrogens (tertiary/aromatic N) is 1. The standard InChI is InChI=1S/C30H40F3N5O6/c1-36-28-10-14-8-16-19(17(39)9-15(21(16)30(31,32)33)12-37-11-13-6-4-5-7-13)22(40)18(14)26(42)29(28,44)24(34)20(27(35)43)23(41)25(28)38(2)3/h9,13-14,18,20,22,25,34,36-37,39-40,44H,4-8,10-12H2,1-3H3,(H2,35,43). The molecule has 8 N–H and O–H groups in total. The monoisotopic (exact) mass is 623 g/mol. The van der Waals surface area contributed by atoms with Gasteiger partial charge in [-0.05, 0) is 82.4 Å². The minimum absolute atomic E-state index is 0.168. The molecule has 0 bridgehead atoms. The molecule has 1 aromatic rings. The lowest BCUT2D eigenvalue weighted by Gasteiger charge is -2.61. The molecule has 3 saturated carbocycles. The average molecular weight is 624 g/mol. The van der Waals surface area contributed by atoms with Crippen molar-refractivity contribution in [3.05, 3.63) is 28.3 Å². The van der Waals surface area contributed by atoms with Crippen LogP contribution in [0.5, 0.6) is 5.75 Å². The number of phenols is 1. The minimum Gasteiger partial charge on any atom is -0.508 e. The lowest BCUT2D eigenvalue weighted by Crippen LogP contribution is -2.86. The third kappa shape index (κ3) is 4.60. The summed E-state index contributed by atoms with van der Waals surface area (Å²) in [6, 6.07) is -0.423. The number of ketones is 2. The predicted octanol–water partition coefficient (Wildman–Crippen LogP) is 0.809. The van der Waals surface area contributed by atoms with Gasteiger partial charge in [0.25, 0.3) is 0 Å². The van der Waals surface area contributed by atoms with Gasteiger partial charge < -0.3 is 37.1 Å². The molecule has 3 fully saturated rings. The Morgan fingerprint density at radius 1 is 1.23 bits per heavy atom. The number of alkyl halides is 3. The SMILES string of the molecule is CNC12CC3Cc4c(c(O)cc(CNCC5CCCC5)c4C(F)(F)F)C(O)C3C(=O)C1(O)C(=N)C(C(N)=O)C(=O)C2N(C)C. The van der Waals surface area contributed by atoms with E-state index in [9.17, 15) is 42.9 Å². The number of hydrogen-bond acceptors (Lipinski definition) is 10. The maximum Gasteiger partial charge on any atom is 0.417 e. The van der Waals surface area contributed by atoms with E-state index in [1.165, 1.54) is 26.0 Å². The van der Waals surface area contributed by atoms with Gasteiger partial charge in [-0.25, -0.2) is 0 Å². The summed E-state index contributed by atoms with van der Waals surface area (Å²) in [6.45, 7) is 0.358. The molecule has 44 heavy (non-hydrogen) atoms. The van der Waals surface area contributed by atoms with Gasteiger partial charge in [0.2, 0.25) is 5.91 Å². The first-order chi connectivity index (χ1) is 20.5. The second-order valence-corrected chi connectivity index (χ2v) is 13.1. The molecule has 1 amide bonds. The highest BCUT2D eigenvalue weighted by Crippen LogP contribution is 2.57. The number of aliphatic hydroxyl groups is 2. The van der Waals surface area contributed by atoms with Crippen molar-refractivity contribution < 1.29 is 42.9 Å². The van der Waals surface area contributed by atoms with Crippen molar-refractivity contribution in [2.24, 2.45) is 29.4 Å². The van der Waals surface area contributed by atoms with E-state index in [-0.39, 0.29) is 24.1 Å². The van der Waals surface area contributed by atoms with Crippen molar-refractivity contribution in [3.63, 3.8) is 0 Å². The first kappa shape index (κ1) is 32.5. The van der Waals surface area contributed by atoms with Crippen molar-refractivity contribution in [3.8, 4) is 5.75 Å². The number of carbonyl (C=O) groups excluding carboxylic acids is 3. The maximum absolute atomic E-state index is 14.8. The van der Waals surface area contributed by atoms with E-state index < -0.39 is 93.7 Å². The van der Waals surface area contributed by atoms with Crippen molar-refractivity contribution >= 4 is 23.2 Å². The number of primary amides is 1. The van der Waals surface area contributed by atoms with Crippen molar-refractivity contribution in [2.75, 3.05) is 27.7 Å². The second-order valence-electron chi connectivity index (χ2n) is 13.1. The Hall–Kier alpha value is -2.91. The van der Waals surface area contributed by atoms with Crippen LogP contribution in [0.4, 0.5) is 13.2 Å². The average Bonchev–Trinajstić information content (AvgIpc) is 3.43. The Morgan fingerprint density at radius 3 is 2.41 bits per heavy atom. The molecular formula is C30H40F3N5O6. The third-order valence-corrected chi connectivity index (χ3v) is 10.5. The number of hydrogen-bond donors (Lipinski definition) is 7. The normalized spacial score (nSPS) is 34.2. The van der Waals surface area contributed by atoms with Crippen LogP contribution in [0.2, 0.25) is 0 Å². The number of fused-ring (bicyclic) bond motifs is 3. The number of halogens is 3. The lowest BCUT2D eigenvalue weighted by atomic mass is 9.48. The van der Waals surface area contributed by atoms with Crippen LogP contribution in [-0.2, 0) is 33.5 Å². The fourth-order valence-corrected chi connectivity index (χ4v) is 8.70. The molecule has 7 unspecified atom stereocenters. The van der Waals surface area contributed by atoms with Crippen molar-refractivity contribution in [1.29, 1.82) is 5.41 Å². The number of nitrogens with two attached hydrogens (primary N) is 1. The molecule has 14 heteroatoms. The van der Waals surface area contributed by atoms with Gasteiger partial charge >= 0.3 is 6.18 Å². The van der Waals surface area contributed by atoms with Crippen LogP contribution < -0.4 is 16.4 Å². The van der Waals surface area contributed by atoms with Gasteiger partial charge in [0.1, 0.15) is 11.7 Å². The molecule has 242 valence electrons. The fourth-order valence-electron chi connectivity index (χ4n) is 8.70. The summed E-state index contributed by atoms with van der Waals surface area (Å²) in [7, 11) is 4.30. The smallest absolute Gasteiger partial charge is 0.417 e. The van der Waals surface area contributed by atoms with E-state index in [1.54, 1.807) is 0 Å². The topological polar surface area (TPSA) is 189 Å². The zero-order valence-electron chi connectivity index (χ0n) is 24.9. The predicted molar refractivity (Wildman–Crippen MR) is 152 cm³/mol. The quantitative estimate of drug-likeness (QED) is 0.216. The van der Waals surface area contributed by atoms with Crippen LogP contribution in [0.15, 0.2) is 6.07 Å². The summed E-state index contributed by atoms with van der Waals surface area (Å²) in [5, 5.41) is 49.3. The van der Waals surface area contributed by atoms with E-state index in [4.69, 9.17) is 11.1 Å². The Balaban J connectivity index is 1.63. The Kier molecular flexibility index (Phi) is 8.24. The highest BCUT2D eigenvalue weighted by Gasteiger charge is 2.74. The molecule has 11 nitrogen and oxygen atoms in total. The molecule has 4 aliphatic carbocycles. The Bertz CT molecular complexity index is 1400. The van der Waals surface area contributed by atoms with Crippen LogP contribution >= 0.6 is 0 Å². The van der Waals surface area contributed by atoms with Gasteiger partial charge in [-0.15, -0.1) is 0 Å². The minimum atomic E-state index is -4.86. The number of amides is 1. The zero-order chi connectivity index (χ0) is 32.5. The number of likely N-dealkylation sites (N-methyl/N-ethyl adjacent to an activating group) is 2. The maximum atomic E-state index is 14.8. The molecule has 4 aliphatic rings. The van der Waals surface area contributed by atoms with Crippen LogP contribution in [0.25, 0.3) is 0 Å². The summed E-state index contributed by atoms with van der Waals surface area (Å²) < 4.78 is 44.3. The number of phenolic OH excluding ortho intramolecular Hbond substituents is 1. The second kappa shape index (κ2) is 11.2. The summed E-state index contributed by atoms with van der Waals surface area (Å²) in [4.78, 5) is 41.6. The highest BCUT2D eigenvalue weighted by atomic mass is 19.4. The van der Waals surface area contributed by atoms with Gasteiger partial charge in [0, 0.05) is 12.1 Å². The van der Waals surface area contributed by atoms with E-state index in [1.807, 2.05) is 0 Å². The number of rotatable bonds is 7. The number of benzene rings is 1. The first-order valence-corrected chi connectivity index (χ1v) is 14.9. The van der Waals surface area contributed by atoms with Crippen LogP contribution in [-0.4, -0.2) is 88.3 Å². The molecule has 5 rings (SSSR count). The number of Topliss-reactive ketones (excluding diaryl/α,β-unsaturated/α-hetero) is 2. The Morgan fingerprint density at radius 2 is 1.86 bits per heavy atom. The molecule has 0 aliphatic heterocycles. The highest BCUT2D eigenvalue weighted by molar-refractivity contribution is 6.32. The largest absolute Gasteiger partial charge is 0.508 e. The fraction of sp³-hybridized carbons (Fsp3) is 0.667. The third-order valence-electron chi connectivity index (χ3n) is 10.5. The van der Waals surface area contributed by atoms with Crippen molar-refractivity contribution in [2.45, 2.75) is 74.5 Å². The molecule has 1 aromatic carbocycles. The molecule has 0 heterocycles. The first-order valence-electron chi connectivity index (χ1n) is 14.9. The van der Waals surface area contributed by atoms with Gasteiger partial charge in [-0.3, -0.25) is 19.3 Å². The van der Waals surface area contributed by atoms with E-state index >= 15 is 0 Å². The van der Waals surface area contributed by atoms with E-state index in [0.29, 0.717) is 12.5 Å². The molecule has 0 spiro atoms. The van der Waals surface area contributed by atoms with E-state index in [2.05, 4.69) is 10.6 Å². The van der Waals surface area contributed by atoms with Gasteiger partial charge in [0.05, 0.1) is 34.9 Å². The molecule has 0 aromatic heterocycles. The number of aromatic hydroxyl groups is 1. The van der Waals surface area contributed by atoms with Gasteiger partial charge in [-0.2, -0.15) is 13.2 Å². The number of carbonyl (C=O) groups is 3. The Labute approximate surface area is 252 Å². The van der Waals surface area contributed by atoms with Crippen LogP contribution in [0, 0.1) is 29.1 Å². The summed E-state index contributed by atoms with van der Waals surface area (Å²) in [6.07, 6.45) is -3.40. The molecule has 7 atom stereocenters. The zero-order valence-corrected chi connectivity index (χ0v) is 24.9. The molecule has 0 saturated heterocycles. The summed E-state index contributed by atoms with van der Waals surface area (Å²) >= 11 is 0. The van der Waals surface area contributed by atoms with Crippen LogP contribution in [0.1, 0.15) is 60.5 Å².